The summed E-state index contributed by atoms with van der Waals surface area (Å²) in [7, 11) is -2.54. The molecule has 8 nitrogen and oxygen atoms in total. The molecule has 9 heteroatoms. The van der Waals surface area contributed by atoms with Gasteiger partial charge in [0.1, 0.15) is 18.3 Å². The SMILES string of the molecule is CCCCNC(=O)[C@@H](C)N(Cc1cccc(OC)c1)C(=O)CN(c1cc(C)cc(C)c1)S(=O)(=O)c1ccccc1. The number of anilines is 1. The number of nitrogens with zero attached hydrogens (tertiary/aromatic N) is 2. The lowest BCUT2D eigenvalue weighted by Crippen LogP contribution is -2.51. The Bertz CT molecular complexity index is 1390. The third-order valence-electron chi connectivity index (χ3n) is 6.59. The molecule has 3 aromatic carbocycles. The zero-order valence-corrected chi connectivity index (χ0v) is 24.7. The van der Waals surface area contributed by atoms with E-state index in [1.807, 2.05) is 39.0 Å². The molecule has 0 saturated heterocycles. The molecular formula is C31H39N3O5S. The topological polar surface area (TPSA) is 96.0 Å². The number of carbonyl (C=O) groups is 2. The molecular weight excluding hydrogens is 526 g/mol. The van der Waals surface area contributed by atoms with Gasteiger partial charge in [-0.05, 0) is 80.3 Å². The van der Waals surface area contributed by atoms with Crippen molar-refractivity contribution in [1.82, 2.24) is 10.2 Å². The van der Waals surface area contributed by atoms with Crippen LogP contribution in [-0.2, 0) is 26.2 Å². The Morgan fingerprint density at radius 2 is 1.62 bits per heavy atom. The fraction of sp³-hybridized carbons (Fsp3) is 0.355. The maximum Gasteiger partial charge on any atom is 0.264 e. The number of ether oxygens (including phenoxy) is 1. The minimum Gasteiger partial charge on any atom is -0.497 e. The van der Waals surface area contributed by atoms with Crippen molar-refractivity contribution in [2.45, 2.75) is 58.0 Å². The van der Waals surface area contributed by atoms with Crippen LogP contribution in [0.5, 0.6) is 5.75 Å². The van der Waals surface area contributed by atoms with Crippen molar-refractivity contribution < 1.29 is 22.7 Å². The molecule has 2 amide bonds. The molecule has 0 aromatic heterocycles. The zero-order valence-electron chi connectivity index (χ0n) is 23.9. The first-order chi connectivity index (χ1) is 19.1. The van der Waals surface area contributed by atoms with E-state index in [-0.39, 0.29) is 17.3 Å². The molecule has 0 heterocycles. The van der Waals surface area contributed by atoms with E-state index in [1.54, 1.807) is 56.5 Å². The van der Waals surface area contributed by atoms with Crippen molar-refractivity contribution in [2.24, 2.45) is 0 Å². The Hall–Kier alpha value is -3.85. The number of methoxy groups -OCH3 is 1. The van der Waals surface area contributed by atoms with E-state index in [0.29, 0.717) is 18.0 Å². The van der Waals surface area contributed by atoms with Gasteiger partial charge in [0.15, 0.2) is 0 Å². The Morgan fingerprint density at radius 1 is 0.950 bits per heavy atom. The largest absolute Gasteiger partial charge is 0.497 e. The number of rotatable bonds is 13. The third kappa shape index (κ3) is 7.85. The molecule has 0 bridgehead atoms. The summed E-state index contributed by atoms with van der Waals surface area (Å²) in [5.74, 6) is -0.179. The third-order valence-corrected chi connectivity index (χ3v) is 8.38. The van der Waals surface area contributed by atoms with E-state index in [2.05, 4.69) is 5.32 Å². The van der Waals surface area contributed by atoms with Crippen molar-refractivity contribution in [3.8, 4) is 5.75 Å². The van der Waals surface area contributed by atoms with Crippen LogP contribution in [0.3, 0.4) is 0 Å². The van der Waals surface area contributed by atoms with Crippen LogP contribution in [0.15, 0.2) is 77.7 Å². The van der Waals surface area contributed by atoms with Crippen LogP contribution in [0, 0.1) is 13.8 Å². The van der Waals surface area contributed by atoms with Gasteiger partial charge in [-0.25, -0.2) is 8.42 Å². The van der Waals surface area contributed by atoms with Gasteiger partial charge in [0.05, 0.1) is 17.7 Å². The molecule has 0 unspecified atom stereocenters. The highest BCUT2D eigenvalue weighted by atomic mass is 32.2. The van der Waals surface area contributed by atoms with Crippen LogP contribution in [-0.4, -0.2) is 51.4 Å². The van der Waals surface area contributed by atoms with Crippen LogP contribution in [0.1, 0.15) is 43.4 Å². The first-order valence-corrected chi connectivity index (χ1v) is 14.9. The second kappa shape index (κ2) is 14.0. The van der Waals surface area contributed by atoms with Crippen LogP contribution < -0.4 is 14.4 Å². The van der Waals surface area contributed by atoms with Crippen molar-refractivity contribution in [3.63, 3.8) is 0 Å². The van der Waals surface area contributed by atoms with E-state index >= 15 is 0 Å². The van der Waals surface area contributed by atoms with Gasteiger partial charge >= 0.3 is 0 Å². The molecule has 0 aliphatic carbocycles. The molecule has 0 aliphatic rings. The van der Waals surface area contributed by atoms with Crippen LogP contribution >= 0.6 is 0 Å². The molecule has 1 N–H and O–H groups in total. The quantitative estimate of drug-likeness (QED) is 0.299. The molecule has 0 aliphatic heterocycles. The summed E-state index contributed by atoms with van der Waals surface area (Å²) in [6, 6.07) is 19.9. The first kappa shape index (κ1) is 30.7. The molecule has 0 spiro atoms. The molecule has 40 heavy (non-hydrogen) atoms. The lowest BCUT2D eigenvalue weighted by Gasteiger charge is -2.32. The van der Waals surface area contributed by atoms with E-state index in [1.165, 1.54) is 17.0 Å². The number of amides is 2. The van der Waals surface area contributed by atoms with E-state index in [4.69, 9.17) is 4.74 Å². The minimum atomic E-state index is -4.10. The van der Waals surface area contributed by atoms with E-state index in [9.17, 15) is 18.0 Å². The number of sulfonamides is 1. The number of hydrogen-bond acceptors (Lipinski definition) is 5. The molecule has 0 saturated carbocycles. The smallest absolute Gasteiger partial charge is 0.264 e. The van der Waals surface area contributed by atoms with Gasteiger partial charge in [-0.1, -0.05) is 49.7 Å². The van der Waals surface area contributed by atoms with Gasteiger partial charge in [0.25, 0.3) is 10.0 Å². The highest BCUT2D eigenvalue weighted by Gasteiger charge is 2.32. The minimum absolute atomic E-state index is 0.0756. The maximum absolute atomic E-state index is 14.0. The predicted molar refractivity (Wildman–Crippen MR) is 158 cm³/mol. The second-order valence-electron chi connectivity index (χ2n) is 9.86. The first-order valence-electron chi connectivity index (χ1n) is 13.4. The lowest BCUT2D eigenvalue weighted by atomic mass is 10.1. The molecule has 0 fully saturated rings. The molecule has 3 aromatic rings. The van der Waals surface area contributed by atoms with Crippen molar-refractivity contribution in [2.75, 3.05) is 24.5 Å². The molecule has 214 valence electrons. The monoisotopic (exact) mass is 565 g/mol. The normalized spacial score (nSPS) is 11.9. The van der Waals surface area contributed by atoms with Gasteiger partial charge < -0.3 is 15.0 Å². The highest BCUT2D eigenvalue weighted by molar-refractivity contribution is 7.92. The standard InChI is InChI=1S/C31H39N3O5S/c1-6-7-16-32-31(36)25(4)33(21-26-12-11-13-28(20-26)39-5)30(35)22-34(27-18-23(2)17-24(3)19-27)40(37,38)29-14-9-8-10-15-29/h8-15,17-20,25H,6-7,16,21-22H2,1-5H3,(H,32,36)/t25-/m1/s1. The fourth-order valence-electron chi connectivity index (χ4n) is 4.43. The Morgan fingerprint density at radius 3 is 2.25 bits per heavy atom. The van der Waals surface area contributed by atoms with Crippen molar-refractivity contribution >= 4 is 27.5 Å². The second-order valence-corrected chi connectivity index (χ2v) is 11.7. The number of aryl methyl sites for hydroxylation is 2. The number of hydrogen-bond donors (Lipinski definition) is 1. The van der Waals surface area contributed by atoms with Gasteiger partial charge in [0.2, 0.25) is 11.8 Å². The summed E-state index contributed by atoms with van der Waals surface area (Å²) >= 11 is 0. The summed E-state index contributed by atoms with van der Waals surface area (Å²) < 4.78 is 34.3. The van der Waals surface area contributed by atoms with Gasteiger partial charge in [-0.15, -0.1) is 0 Å². The van der Waals surface area contributed by atoms with Crippen molar-refractivity contribution in [3.05, 3.63) is 89.5 Å². The molecule has 1 atom stereocenters. The summed E-state index contributed by atoms with van der Waals surface area (Å²) in [5.41, 5.74) is 2.88. The van der Waals surface area contributed by atoms with Gasteiger partial charge in [-0.2, -0.15) is 0 Å². The molecule has 3 rings (SSSR count). The van der Waals surface area contributed by atoms with Crippen molar-refractivity contribution in [1.29, 1.82) is 0 Å². The van der Waals surface area contributed by atoms with E-state index in [0.717, 1.165) is 33.8 Å². The van der Waals surface area contributed by atoms with Crippen LogP contribution in [0.25, 0.3) is 0 Å². The fourth-order valence-corrected chi connectivity index (χ4v) is 5.85. The number of unbranched alkanes of at least 4 members (excludes halogenated alkanes) is 1. The van der Waals surface area contributed by atoms with Gasteiger partial charge in [0, 0.05) is 13.1 Å². The van der Waals surface area contributed by atoms with Gasteiger partial charge in [-0.3, -0.25) is 13.9 Å². The zero-order chi connectivity index (χ0) is 29.3. The lowest BCUT2D eigenvalue weighted by molar-refractivity contribution is -0.139. The number of nitrogens with one attached hydrogen (secondary N) is 1. The average molecular weight is 566 g/mol. The summed E-state index contributed by atoms with van der Waals surface area (Å²) in [6.07, 6.45) is 1.74. The molecule has 0 radical (unpaired) electrons. The average Bonchev–Trinajstić information content (AvgIpc) is 2.94. The number of carbonyl (C=O) groups excluding carboxylic acids is 2. The highest BCUT2D eigenvalue weighted by Crippen LogP contribution is 2.27. The Balaban J connectivity index is 2.03. The number of benzene rings is 3. The van der Waals surface area contributed by atoms with Crippen LogP contribution in [0.2, 0.25) is 0 Å². The van der Waals surface area contributed by atoms with E-state index < -0.39 is 28.5 Å². The Labute approximate surface area is 238 Å². The maximum atomic E-state index is 14.0. The Kier molecular flexibility index (Phi) is 10.7. The summed E-state index contributed by atoms with van der Waals surface area (Å²) in [5, 5.41) is 2.89. The predicted octanol–water partition coefficient (Wildman–Crippen LogP) is 4.84. The summed E-state index contributed by atoms with van der Waals surface area (Å²) in [4.78, 5) is 28.6. The van der Waals surface area contributed by atoms with Crippen LogP contribution in [0.4, 0.5) is 5.69 Å². The summed E-state index contributed by atoms with van der Waals surface area (Å²) in [6.45, 7) is 7.57.